The van der Waals surface area contributed by atoms with E-state index in [-0.39, 0.29) is 10.8 Å². The van der Waals surface area contributed by atoms with E-state index >= 15 is 0 Å². The summed E-state index contributed by atoms with van der Waals surface area (Å²) in [6.45, 7) is 1.52. The predicted molar refractivity (Wildman–Crippen MR) is 65.6 cm³/mol. The lowest BCUT2D eigenvalue weighted by atomic mass is 10.2. The molecule has 88 valence electrons. The molecule has 0 N–H and O–H groups in total. The fraction of sp³-hybridized carbons (Fsp3) is 0.500. The van der Waals surface area contributed by atoms with Crippen molar-refractivity contribution >= 4 is 23.2 Å². The molecule has 2 rings (SSSR count). The smallest absolute Gasteiger partial charge is 0.142 e. The summed E-state index contributed by atoms with van der Waals surface area (Å²) in [7, 11) is 0. The van der Waals surface area contributed by atoms with Crippen molar-refractivity contribution in [3.8, 4) is 0 Å². The van der Waals surface area contributed by atoms with Gasteiger partial charge in [-0.3, -0.25) is 4.90 Å². The molecule has 4 heteroatoms. The molecule has 0 heterocycles. The van der Waals surface area contributed by atoms with Crippen molar-refractivity contribution in [2.24, 2.45) is 0 Å². The molecule has 1 aliphatic rings. The van der Waals surface area contributed by atoms with Crippen LogP contribution in [0.4, 0.5) is 4.39 Å². The molecule has 1 aromatic rings. The fourth-order valence-electron chi connectivity index (χ4n) is 1.83. The van der Waals surface area contributed by atoms with Crippen LogP contribution in [-0.4, -0.2) is 23.4 Å². The van der Waals surface area contributed by atoms with Crippen LogP contribution in [0.15, 0.2) is 18.2 Å². The minimum absolute atomic E-state index is 0.239. The predicted octanol–water partition coefficient (Wildman–Crippen LogP) is 3.68. The maximum Gasteiger partial charge on any atom is 0.142 e. The Labute approximate surface area is 105 Å². The number of nitrogens with zero attached hydrogens (tertiary/aromatic N) is 1. The molecule has 1 fully saturated rings. The summed E-state index contributed by atoms with van der Waals surface area (Å²) in [6.07, 6.45) is 2.42. The van der Waals surface area contributed by atoms with Gasteiger partial charge in [-0.15, -0.1) is 11.6 Å². The molecule has 0 amide bonds. The van der Waals surface area contributed by atoms with E-state index < -0.39 is 0 Å². The Hall–Kier alpha value is -0.310. The SMILES string of the molecule is Fc1cccc(CN(CCCl)C2CC2)c1Cl. The van der Waals surface area contributed by atoms with Crippen molar-refractivity contribution in [1.29, 1.82) is 0 Å². The third-order valence-corrected chi connectivity index (χ3v) is 3.43. The maximum atomic E-state index is 13.3. The highest BCUT2D eigenvalue weighted by Crippen LogP contribution is 2.30. The van der Waals surface area contributed by atoms with Crippen LogP contribution in [0, 0.1) is 5.82 Å². The summed E-state index contributed by atoms with van der Waals surface area (Å²) in [4.78, 5) is 2.27. The lowest BCUT2D eigenvalue weighted by Crippen LogP contribution is -2.27. The summed E-state index contributed by atoms with van der Waals surface area (Å²) < 4.78 is 13.3. The van der Waals surface area contributed by atoms with Gasteiger partial charge in [0.05, 0.1) is 5.02 Å². The average Bonchev–Trinajstić information content (AvgIpc) is 3.07. The second-order valence-corrected chi connectivity index (χ2v) is 4.86. The number of hydrogen-bond acceptors (Lipinski definition) is 1. The number of hydrogen-bond donors (Lipinski definition) is 0. The van der Waals surface area contributed by atoms with Crippen molar-refractivity contribution < 1.29 is 4.39 Å². The standard InChI is InChI=1S/C12H14Cl2FN/c13-6-7-16(10-4-5-10)8-9-2-1-3-11(15)12(9)14/h1-3,10H,4-8H2. The van der Waals surface area contributed by atoms with Crippen LogP contribution in [0.5, 0.6) is 0 Å². The van der Waals surface area contributed by atoms with Crippen LogP contribution in [0.2, 0.25) is 5.02 Å². The highest BCUT2D eigenvalue weighted by Gasteiger charge is 2.28. The molecule has 0 atom stereocenters. The van der Waals surface area contributed by atoms with Crippen LogP contribution in [0.3, 0.4) is 0 Å². The zero-order chi connectivity index (χ0) is 11.5. The molecule has 1 saturated carbocycles. The van der Waals surface area contributed by atoms with Crippen molar-refractivity contribution in [2.45, 2.75) is 25.4 Å². The molecule has 1 aromatic carbocycles. The molecule has 0 aliphatic heterocycles. The quantitative estimate of drug-likeness (QED) is 0.731. The number of halogens is 3. The van der Waals surface area contributed by atoms with Gasteiger partial charge in [0.2, 0.25) is 0 Å². The van der Waals surface area contributed by atoms with Gasteiger partial charge >= 0.3 is 0 Å². The van der Waals surface area contributed by atoms with Gasteiger partial charge in [-0.1, -0.05) is 23.7 Å². The number of rotatable bonds is 5. The summed E-state index contributed by atoms with van der Waals surface area (Å²) in [5.74, 6) is 0.254. The summed E-state index contributed by atoms with van der Waals surface area (Å²) in [6, 6.07) is 5.56. The Bertz CT molecular complexity index is 366. The first-order valence-electron chi connectivity index (χ1n) is 5.45. The Morgan fingerprint density at radius 3 is 2.75 bits per heavy atom. The first-order valence-corrected chi connectivity index (χ1v) is 6.36. The molecule has 0 radical (unpaired) electrons. The van der Waals surface area contributed by atoms with E-state index in [0.717, 1.165) is 12.1 Å². The normalized spacial score (nSPS) is 15.8. The van der Waals surface area contributed by atoms with E-state index in [1.54, 1.807) is 6.07 Å². The second kappa shape index (κ2) is 5.35. The summed E-state index contributed by atoms with van der Waals surface area (Å²) in [5, 5.41) is 0.239. The zero-order valence-electron chi connectivity index (χ0n) is 8.93. The Balaban J connectivity index is 2.08. The van der Waals surface area contributed by atoms with Crippen molar-refractivity contribution in [3.05, 3.63) is 34.6 Å². The second-order valence-electron chi connectivity index (χ2n) is 4.10. The summed E-state index contributed by atoms with van der Waals surface area (Å²) >= 11 is 11.7. The van der Waals surface area contributed by atoms with E-state index in [9.17, 15) is 4.39 Å². The molecule has 0 saturated heterocycles. The van der Waals surface area contributed by atoms with Gasteiger partial charge in [-0.25, -0.2) is 4.39 Å². The third-order valence-electron chi connectivity index (χ3n) is 2.84. The van der Waals surface area contributed by atoms with E-state index in [0.29, 0.717) is 18.5 Å². The van der Waals surface area contributed by atoms with Crippen LogP contribution in [0.25, 0.3) is 0 Å². The molecule has 0 bridgehead atoms. The number of alkyl halides is 1. The largest absolute Gasteiger partial charge is 0.295 e. The molecule has 1 nitrogen and oxygen atoms in total. The van der Waals surface area contributed by atoms with E-state index in [4.69, 9.17) is 23.2 Å². The molecular formula is C12H14Cl2FN. The van der Waals surface area contributed by atoms with E-state index in [1.165, 1.54) is 18.9 Å². The van der Waals surface area contributed by atoms with Gasteiger partial charge in [0.15, 0.2) is 0 Å². The van der Waals surface area contributed by atoms with Crippen molar-refractivity contribution in [3.63, 3.8) is 0 Å². The molecule has 0 aromatic heterocycles. The highest BCUT2D eigenvalue weighted by molar-refractivity contribution is 6.31. The molecule has 1 aliphatic carbocycles. The Morgan fingerprint density at radius 1 is 1.38 bits per heavy atom. The van der Waals surface area contributed by atoms with Gasteiger partial charge in [-0.2, -0.15) is 0 Å². The minimum atomic E-state index is -0.346. The molecule has 0 spiro atoms. The topological polar surface area (TPSA) is 3.24 Å². The lowest BCUT2D eigenvalue weighted by Gasteiger charge is -2.21. The van der Waals surface area contributed by atoms with Gasteiger partial charge in [0.1, 0.15) is 5.82 Å². The van der Waals surface area contributed by atoms with Crippen LogP contribution in [-0.2, 0) is 6.54 Å². The monoisotopic (exact) mass is 261 g/mol. The van der Waals surface area contributed by atoms with E-state index in [2.05, 4.69) is 4.90 Å². The van der Waals surface area contributed by atoms with E-state index in [1.807, 2.05) is 6.07 Å². The van der Waals surface area contributed by atoms with Gasteiger partial charge < -0.3 is 0 Å². The Morgan fingerprint density at radius 2 is 2.12 bits per heavy atom. The average molecular weight is 262 g/mol. The van der Waals surface area contributed by atoms with Crippen LogP contribution < -0.4 is 0 Å². The van der Waals surface area contributed by atoms with Crippen LogP contribution in [0.1, 0.15) is 18.4 Å². The first kappa shape index (κ1) is 12.2. The highest BCUT2D eigenvalue weighted by atomic mass is 35.5. The van der Waals surface area contributed by atoms with Crippen molar-refractivity contribution in [1.82, 2.24) is 4.90 Å². The summed E-state index contributed by atoms with van der Waals surface area (Å²) in [5.41, 5.74) is 0.846. The molecular weight excluding hydrogens is 248 g/mol. The maximum absolute atomic E-state index is 13.3. The molecule has 16 heavy (non-hydrogen) atoms. The van der Waals surface area contributed by atoms with Gasteiger partial charge in [-0.05, 0) is 24.5 Å². The number of benzene rings is 1. The Kier molecular flexibility index (Phi) is 4.06. The zero-order valence-corrected chi connectivity index (χ0v) is 10.4. The van der Waals surface area contributed by atoms with Crippen LogP contribution >= 0.6 is 23.2 Å². The van der Waals surface area contributed by atoms with Gasteiger partial charge in [0.25, 0.3) is 0 Å². The minimum Gasteiger partial charge on any atom is -0.295 e. The third kappa shape index (κ3) is 2.88. The first-order chi connectivity index (χ1) is 7.72. The lowest BCUT2D eigenvalue weighted by molar-refractivity contribution is 0.270. The molecule has 0 unspecified atom stereocenters. The fourth-order valence-corrected chi connectivity index (χ4v) is 2.23. The van der Waals surface area contributed by atoms with Gasteiger partial charge in [0, 0.05) is 25.0 Å². The van der Waals surface area contributed by atoms with Crippen molar-refractivity contribution in [2.75, 3.05) is 12.4 Å².